The molecule has 120 valence electrons. The van der Waals surface area contributed by atoms with E-state index in [-0.39, 0.29) is 0 Å². The molecule has 1 aromatic carbocycles. The van der Waals surface area contributed by atoms with Crippen LogP contribution < -0.4 is 0 Å². The standard InChI is InChI=1S/C21H30O/c1-2-3-4-5-6-7-8-9-10-11-14-20-15-12-16-21(19-20)17-13-18-22/h12-13,15-16,18-19,22H,2-10,17H2,1H3/b18-13-. The minimum atomic E-state index is 0.754. The largest absolute Gasteiger partial charge is 0.516 e. The lowest BCUT2D eigenvalue weighted by Crippen LogP contribution is -1.83. The minimum Gasteiger partial charge on any atom is -0.516 e. The summed E-state index contributed by atoms with van der Waals surface area (Å²) in [5.41, 5.74) is 2.26. The van der Waals surface area contributed by atoms with Gasteiger partial charge < -0.3 is 5.11 Å². The maximum atomic E-state index is 8.69. The van der Waals surface area contributed by atoms with E-state index in [2.05, 4.69) is 30.9 Å². The van der Waals surface area contributed by atoms with Crippen LogP contribution in [-0.4, -0.2) is 5.11 Å². The average Bonchev–Trinajstić information content (AvgIpc) is 2.55. The molecule has 0 aromatic heterocycles. The van der Waals surface area contributed by atoms with Gasteiger partial charge in [-0.05, 0) is 36.6 Å². The van der Waals surface area contributed by atoms with Crippen molar-refractivity contribution in [2.24, 2.45) is 0 Å². The Morgan fingerprint density at radius 2 is 1.73 bits per heavy atom. The van der Waals surface area contributed by atoms with Gasteiger partial charge in [0.25, 0.3) is 0 Å². The quantitative estimate of drug-likeness (QED) is 0.310. The first kappa shape index (κ1) is 18.4. The number of rotatable bonds is 10. The van der Waals surface area contributed by atoms with Crippen LogP contribution >= 0.6 is 0 Å². The van der Waals surface area contributed by atoms with Crippen LogP contribution in [0.3, 0.4) is 0 Å². The van der Waals surface area contributed by atoms with E-state index < -0.39 is 0 Å². The Balaban J connectivity index is 2.16. The summed E-state index contributed by atoms with van der Waals surface area (Å²) in [6.45, 7) is 2.26. The highest BCUT2D eigenvalue weighted by Gasteiger charge is 1.92. The Labute approximate surface area is 136 Å². The molecule has 1 N–H and O–H groups in total. The average molecular weight is 298 g/mol. The number of aliphatic hydroxyl groups excluding tert-OH is 1. The third-order valence-corrected chi connectivity index (χ3v) is 3.77. The van der Waals surface area contributed by atoms with Crippen molar-refractivity contribution in [3.8, 4) is 11.8 Å². The zero-order valence-corrected chi connectivity index (χ0v) is 14.0. The van der Waals surface area contributed by atoms with Crippen molar-refractivity contribution < 1.29 is 5.11 Å². The Morgan fingerprint density at radius 3 is 2.45 bits per heavy atom. The van der Waals surface area contributed by atoms with E-state index in [1.165, 1.54) is 56.9 Å². The second-order valence-corrected chi connectivity index (χ2v) is 5.82. The normalized spacial score (nSPS) is 10.6. The lowest BCUT2D eigenvalue weighted by Gasteiger charge is -1.99. The molecule has 1 heteroatoms. The molecule has 1 rings (SSSR count). The lowest BCUT2D eigenvalue weighted by molar-refractivity contribution is 0.471. The van der Waals surface area contributed by atoms with Gasteiger partial charge in [-0.15, -0.1) is 0 Å². The molecular formula is C21H30O. The summed E-state index contributed by atoms with van der Waals surface area (Å²) in [4.78, 5) is 0. The SMILES string of the molecule is CCCCCCCCCCC#Cc1cccc(C/C=C\O)c1. The van der Waals surface area contributed by atoms with E-state index in [0.29, 0.717) is 0 Å². The summed E-state index contributed by atoms with van der Waals surface area (Å²) in [5.74, 6) is 6.52. The molecule has 0 unspecified atom stereocenters. The van der Waals surface area contributed by atoms with E-state index in [1.807, 2.05) is 12.1 Å². The third kappa shape index (κ3) is 9.29. The van der Waals surface area contributed by atoms with Crippen molar-refractivity contribution in [2.75, 3.05) is 0 Å². The molecule has 1 aromatic rings. The van der Waals surface area contributed by atoms with Crippen LogP contribution in [0.15, 0.2) is 36.6 Å². The minimum absolute atomic E-state index is 0.754. The van der Waals surface area contributed by atoms with Crippen LogP contribution in [0.5, 0.6) is 0 Å². The van der Waals surface area contributed by atoms with Gasteiger partial charge in [0.1, 0.15) is 0 Å². The van der Waals surface area contributed by atoms with Crippen molar-refractivity contribution in [3.05, 3.63) is 47.7 Å². The zero-order chi connectivity index (χ0) is 15.9. The van der Waals surface area contributed by atoms with Crippen LogP contribution in [0.2, 0.25) is 0 Å². The molecule has 0 saturated carbocycles. The van der Waals surface area contributed by atoms with Crippen LogP contribution in [0.1, 0.15) is 75.8 Å². The van der Waals surface area contributed by atoms with Crippen LogP contribution in [-0.2, 0) is 6.42 Å². The molecule has 1 nitrogen and oxygen atoms in total. The Morgan fingerprint density at radius 1 is 1.00 bits per heavy atom. The van der Waals surface area contributed by atoms with Gasteiger partial charge in [0.05, 0.1) is 6.26 Å². The Bertz CT molecular complexity index is 476. The fourth-order valence-corrected chi connectivity index (χ4v) is 2.48. The fourth-order valence-electron chi connectivity index (χ4n) is 2.48. The highest BCUT2D eigenvalue weighted by molar-refractivity contribution is 5.37. The second-order valence-electron chi connectivity index (χ2n) is 5.82. The Kier molecular flexibility index (Phi) is 10.9. The first-order chi connectivity index (χ1) is 10.9. The van der Waals surface area contributed by atoms with Gasteiger partial charge in [-0.25, -0.2) is 0 Å². The molecule has 0 fully saturated rings. The maximum Gasteiger partial charge on any atom is 0.0755 e. The molecule has 0 aliphatic rings. The lowest BCUT2D eigenvalue weighted by atomic mass is 10.1. The monoisotopic (exact) mass is 298 g/mol. The summed E-state index contributed by atoms with van der Waals surface area (Å²) in [6, 6.07) is 8.23. The zero-order valence-electron chi connectivity index (χ0n) is 14.0. The van der Waals surface area contributed by atoms with Crippen molar-refractivity contribution in [2.45, 2.75) is 71.1 Å². The van der Waals surface area contributed by atoms with E-state index in [9.17, 15) is 0 Å². The predicted molar refractivity (Wildman–Crippen MR) is 96.0 cm³/mol. The number of aliphatic hydroxyl groups is 1. The van der Waals surface area contributed by atoms with Gasteiger partial charge in [0.15, 0.2) is 0 Å². The van der Waals surface area contributed by atoms with Crippen molar-refractivity contribution in [1.82, 2.24) is 0 Å². The molecule has 0 amide bonds. The molecule has 0 bridgehead atoms. The van der Waals surface area contributed by atoms with E-state index in [0.717, 1.165) is 24.7 Å². The number of hydrogen-bond donors (Lipinski definition) is 1. The summed E-state index contributed by atoms with van der Waals surface area (Å²) in [7, 11) is 0. The molecule has 22 heavy (non-hydrogen) atoms. The van der Waals surface area contributed by atoms with Gasteiger partial charge in [0, 0.05) is 12.0 Å². The van der Waals surface area contributed by atoms with Gasteiger partial charge >= 0.3 is 0 Å². The third-order valence-electron chi connectivity index (χ3n) is 3.77. The fraction of sp³-hybridized carbons (Fsp3) is 0.524. The summed E-state index contributed by atoms with van der Waals surface area (Å²) < 4.78 is 0. The van der Waals surface area contributed by atoms with Gasteiger partial charge in [-0.3, -0.25) is 0 Å². The highest BCUT2D eigenvalue weighted by atomic mass is 16.2. The molecule has 0 heterocycles. The number of unbranched alkanes of at least 4 members (excludes halogenated alkanes) is 8. The summed E-state index contributed by atoms with van der Waals surface area (Å²) >= 11 is 0. The molecule has 0 aliphatic heterocycles. The smallest absolute Gasteiger partial charge is 0.0755 e. The van der Waals surface area contributed by atoms with Gasteiger partial charge in [-0.1, -0.05) is 75.8 Å². The Hall–Kier alpha value is -1.68. The first-order valence-electron chi connectivity index (χ1n) is 8.74. The number of benzene rings is 1. The van der Waals surface area contributed by atoms with Crippen LogP contribution in [0.25, 0.3) is 0 Å². The molecule has 0 spiro atoms. The van der Waals surface area contributed by atoms with Crippen molar-refractivity contribution in [1.29, 1.82) is 0 Å². The first-order valence-corrected chi connectivity index (χ1v) is 8.74. The number of allylic oxidation sites excluding steroid dienone is 1. The van der Waals surface area contributed by atoms with Gasteiger partial charge in [-0.2, -0.15) is 0 Å². The molecule has 0 saturated heterocycles. The second kappa shape index (κ2) is 13.0. The van der Waals surface area contributed by atoms with E-state index in [4.69, 9.17) is 5.11 Å². The molecule has 0 aliphatic carbocycles. The van der Waals surface area contributed by atoms with E-state index >= 15 is 0 Å². The molecule has 0 atom stereocenters. The van der Waals surface area contributed by atoms with Gasteiger partial charge in [0.2, 0.25) is 0 Å². The van der Waals surface area contributed by atoms with Crippen LogP contribution in [0, 0.1) is 11.8 Å². The predicted octanol–water partition coefficient (Wildman–Crippen LogP) is 6.18. The number of hydrogen-bond acceptors (Lipinski definition) is 1. The van der Waals surface area contributed by atoms with Crippen LogP contribution in [0.4, 0.5) is 0 Å². The van der Waals surface area contributed by atoms with E-state index in [1.54, 1.807) is 6.08 Å². The summed E-state index contributed by atoms with van der Waals surface area (Å²) in [5, 5.41) is 8.69. The van der Waals surface area contributed by atoms with Crippen molar-refractivity contribution >= 4 is 0 Å². The van der Waals surface area contributed by atoms with Crippen molar-refractivity contribution in [3.63, 3.8) is 0 Å². The topological polar surface area (TPSA) is 20.2 Å². The molecule has 0 radical (unpaired) electrons. The summed E-state index contributed by atoms with van der Waals surface area (Å²) in [6.07, 6.45) is 15.4. The maximum absolute atomic E-state index is 8.69. The molecular weight excluding hydrogens is 268 g/mol. The highest BCUT2D eigenvalue weighted by Crippen LogP contribution is 2.09.